The lowest BCUT2D eigenvalue weighted by Crippen LogP contribution is -2.51. The Hall–Kier alpha value is -2.92. The van der Waals surface area contributed by atoms with Crippen LogP contribution in [-0.4, -0.2) is 53.1 Å². The first-order valence-electron chi connectivity index (χ1n) is 12.3. The van der Waals surface area contributed by atoms with E-state index < -0.39 is 34.2 Å². The van der Waals surface area contributed by atoms with Crippen LogP contribution in [0, 0.1) is 10.1 Å². The molecule has 2 aliphatic heterocycles. The van der Waals surface area contributed by atoms with Crippen molar-refractivity contribution in [3.8, 4) is 0 Å². The van der Waals surface area contributed by atoms with Crippen LogP contribution in [0.3, 0.4) is 0 Å². The number of benzene rings is 1. The van der Waals surface area contributed by atoms with Gasteiger partial charge in [-0.2, -0.15) is 13.2 Å². The summed E-state index contributed by atoms with van der Waals surface area (Å²) in [5, 5.41) is 16.3. The van der Waals surface area contributed by atoms with Crippen LogP contribution in [0.25, 0.3) is 0 Å². The Morgan fingerprint density at radius 3 is 2.31 bits per heavy atom. The van der Waals surface area contributed by atoms with Crippen LogP contribution in [-0.2, 0) is 15.8 Å². The van der Waals surface area contributed by atoms with Gasteiger partial charge in [0.25, 0.3) is 5.70 Å². The van der Waals surface area contributed by atoms with Crippen LogP contribution in [0.2, 0.25) is 0 Å². The summed E-state index contributed by atoms with van der Waals surface area (Å²) in [6, 6.07) is 5.17. The van der Waals surface area contributed by atoms with E-state index in [1.807, 2.05) is 0 Å². The lowest BCUT2D eigenvalue weighted by atomic mass is 9.82. The van der Waals surface area contributed by atoms with Gasteiger partial charge in [0.2, 0.25) is 0 Å². The van der Waals surface area contributed by atoms with Crippen molar-refractivity contribution in [2.75, 3.05) is 26.2 Å². The summed E-state index contributed by atoms with van der Waals surface area (Å²) < 4.78 is 41.6. The normalized spacial score (nSPS) is 23.0. The van der Waals surface area contributed by atoms with E-state index in [0.717, 1.165) is 18.9 Å². The van der Waals surface area contributed by atoms with Crippen LogP contribution in [0.4, 0.5) is 13.2 Å². The molecule has 36 heavy (non-hydrogen) atoms. The van der Waals surface area contributed by atoms with E-state index in [-0.39, 0.29) is 22.5 Å². The zero-order valence-corrected chi connectivity index (χ0v) is 20.4. The molecule has 0 amide bonds. The van der Waals surface area contributed by atoms with Crippen LogP contribution in [0.5, 0.6) is 0 Å². The Bertz CT molecular complexity index is 1070. The van der Waals surface area contributed by atoms with Gasteiger partial charge >= 0.3 is 12.1 Å². The third kappa shape index (κ3) is 5.41. The quantitative estimate of drug-likeness (QED) is 0.460. The number of halogens is 3. The largest absolute Gasteiger partial charge is 0.416 e. The first kappa shape index (κ1) is 26.2. The van der Waals surface area contributed by atoms with Crippen molar-refractivity contribution in [2.45, 2.75) is 64.1 Å². The van der Waals surface area contributed by atoms with Gasteiger partial charge in [0.1, 0.15) is 5.92 Å². The highest BCUT2D eigenvalue weighted by Gasteiger charge is 2.46. The van der Waals surface area contributed by atoms with Crippen molar-refractivity contribution in [1.82, 2.24) is 15.3 Å². The van der Waals surface area contributed by atoms with Crippen LogP contribution < -0.4 is 5.32 Å². The minimum Gasteiger partial charge on any atom is -0.364 e. The maximum absolute atomic E-state index is 13.9. The van der Waals surface area contributed by atoms with Gasteiger partial charge in [-0.25, -0.2) is 4.79 Å². The van der Waals surface area contributed by atoms with Crippen molar-refractivity contribution >= 4 is 5.97 Å². The highest BCUT2D eigenvalue weighted by atomic mass is 19.4. The summed E-state index contributed by atoms with van der Waals surface area (Å²) in [5.41, 5.74) is -1.78. The molecule has 1 unspecified atom stereocenters. The predicted molar refractivity (Wildman–Crippen MR) is 126 cm³/mol. The topological polar surface area (TPSA) is 88.0 Å². The van der Waals surface area contributed by atoms with Crippen molar-refractivity contribution in [3.05, 3.63) is 68.2 Å². The molecule has 0 radical (unpaired) electrons. The number of hydroxylamine groups is 2. The number of allylic oxidation sites excluding steroid dienone is 3. The summed E-state index contributed by atoms with van der Waals surface area (Å²) in [4.78, 5) is 32.7. The fourth-order valence-electron chi connectivity index (χ4n) is 5.58. The molecule has 1 aliphatic carbocycles. The van der Waals surface area contributed by atoms with Crippen molar-refractivity contribution in [3.63, 3.8) is 0 Å². The molecule has 11 heteroatoms. The van der Waals surface area contributed by atoms with Crippen LogP contribution in [0.15, 0.2) is 46.9 Å². The highest BCUT2D eigenvalue weighted by Crippen LogP contribution is 2.44. The van der Waals surface area contributed by atoms with Crippen molar-refractivity contribution in [2.24, 2.45) is 0 Å². The molecule has 1 atom stereocenters. The number of rotatable bonds is 5. The average Bonchev–Trinajstić information content (AvgIpc) is 2.83. The van der Waals surface area contributed by atoms with Gasteiger partial charge < -0.3 is 10.2 Å². The molecular weight excluding hydrogens is 477 g/mol. The number of carbonyl (C=O) groups is 1. The number of piperazine rings is 1. The van der Waals surface area contributed by atoms with Gasteiger partial charge in [0.15, 0.2) is 0 Å². The van der Waals surface area contributed by atoms with E-state index >= 15 is 0 Å². The maximum Gasteiger partial charge on any atom is 0.416 e. The second-order valence-corrected chi connectivity index (χ2v) is 9.58. The number of nitrogens with zero attached hydrogens (tertiary/aromatic N) is 3. The number of alkyl halides is 3. The molecule has 0 spiro atoms. The first-order valence-corrected chi connectivity index (χ1v) is 12.3. The number of hydrogen-bond acceptors (Lipinski definition) is 7. The number of hydrogen-bond donors (Lipinski definition) is 1. The Balaban J connectivity index is 1.59. The molecule has 1 saturated heterocycles. The van der Waals surface area contributed by atoms with Crippen LogP contribution >= 0.6 is 0 Å². The van der Waals surface area contributed by atoms with E-state index in [2.05, 4.69) is 10.2 Å². The average molecular weight is 509 g/mol. The molecule has 0 aromatic heterocycles. The minimum absolute atomic E-state index is 0.0807. The Labute approximate surface area is 207 Å². The second kappa shape index (κ2) is 10.6. The maximum atomic E-state index is 13.9. The fraction of sp³-hybridized carbons (Fsp3) is 0.560. The van der Waals surface area contributed by atoms with E-state index in [1.165, 1.54) is 56.4 Å². The molecule has 2 heterocycles. The van der Waals surface area contributed by atoms with Crippen LogP contribution in [0.1, 0.15) is 63.0 Å². The Kier molecular flexibility index (Phi) is 7.70. The lowest BCUT2D eigenvalue weighted by molar-refractivity contribution is -0.431. The number of nitro groups is 1. The second-order valence-electron chi connectivity index (χ2n) is 9.58. The van der Waals surface area contributed by atoms with E-state index in [4.69, 9.17) is 4.84 Å². The zero-order valence-electron chi connectivity index (χ0n) is 20.4. The summed E-state index contributed by atoms with van der Waals surface area (Å²) in [6.07, 6.45) is 1.25. The summed E-state index contributed by atoms with van der Waals surface area (Å²) >= 11 is 0. The van der Waals surface area contributed by atoms with E-state index in [0.29, 0.717) is 32.2 Å². The molecule has 1 N–H and O–H groups in total. The van der Waals surface area contributed by atoms with Gasteiger partial charge in [0.05, 0.1) is 21.8 Å². The molecule has 0 bridgehead atoms. The molecule has 8 nitrogen and oxygen atoms in total. The van der Waals surface area contributed by atoms with E-state index in [1.54, 1.807) is 0 Å². The standard InChI is InChI=1S/C25H31F3N4O4/c1-16-21(24(33)36-31-14-12-30(13-15-31)18-8-4-3-5-9-18)22(23(32(34)35)17(2)29-16)19-10-6-7-11-20(19)25(26,27)28/h6-7,10-11,18,22,29H,3-5,8-9,12-15H2,1-2H3. The SMILES string of the molecule is CC1=C(C(=O)ON2CCN(C3CCCCC3)CC2)C(c2ccccc2C(F)(F)F)C([N+](=O)[O-])=C(C)N1. The summed E-state index contributed by atoms with van der Waals surface area (Å²) in [6.45, 7) is 5.28. The molecule has 3 aliphatic rings. The van der Waals surface area contributed by atoms with Gasteiger partial charge in [-0.15, -0.1) is 5.06 Å². The molecule has 1 aromatic rings. The first-order chi connectivity index (χ1) is 17.1. The monoisotopic (exact) mass is 508 g/mol. The molecule has 4 rings (SSSR count). The molecule has 1 aromatic carbocycles. The molecule has 1 saturated carbocycles. The Morgan fingerprint density at radius 1 is 1.06 bits per heavy atom. The molecular formula is C25H31F3N4O4. The van der Waals surface area contributed by atoms with Gasteiger partial charge in [-0.05, 0) is 38.3 Å². The molecule has 2 fully saturated rings. The summed E-state index contributed by atoms with van der Waals surface area (Å²) in [5.74, 6) is -2.42. The van der Waals surface area contributed by atoms with Gasteiger partial charge in [-0.3, -0.25) is 15.0 Å². The third-order valence-corrected chi connectivity index (χ3v) is 7.30. The van der Waals surface area contributed by atoms with E-state index in [9.17, 15) is 28.1 Å². The smallest absolute Gasteiger partial charge is 0.364 e. The lowest BCUT2D eigenvalue weighted by Gasteiger charge is -2.40. The van der Waals surface area contributed by atoms with Gasteiger partial charge in [0, 0.05) is 37.9 Å². The molecule has 196 valence electrons. The van der Waals surface area contributed by atoms with Gasteiger partial charge in [-0.1, -0.05) is 37.5 Å². The predicted octanol–water partition coefficient (Wildman–Crippen LogP) is 4.58. The number of carbonyl (C=O) groups excluding carboxylic acids is 1. The van der Waals surface area contributed by atoms with Crippen molar-refractivity contribution in [1.29, 1.82) is 0 Å². The number of nitrogens with one attached hydrogen (secondary N) is 1. The summed E-state index contributed by atoms with van der Waals surface area (Å²) in [7, 11) is 0. The third-order valence-electron chi connectivity index (χ3n) is 7.30. The zero-order chi connectivity index (χ0) is 26.0. The Morgan fingerprint density at radius 2 is 1.69 bits per heavy atom. The minimum atomic E-state index is -4.75. The number of dihydropyridines is 1. The van der Waals surface area contributed by atoms with Crippen molar-refractivity contribution < 1.29 is 27.7 Å². The fourth-order valence-corrected chi connectivity index (χ4v) is 5.58. The highest BCUT2D eigenvalue weighted by molar-refractivity contribution is 5.92.